The molecule has 106 valence electrons. The lowest BCUT2D eigenvalue weighted by Crippen LogP contribution is -2.08. The first-order chi connectivity index (χ1) is 9.72. The Bertz CT molecular complexity index is 572. The van der Waals surface area contributed by atoms with Crippen LogP contribution in [-0.2, 0) is 6.54 Å². The first kappa shape index (κ1) is 14.1. The highest BCUT2D eigenvalue weighted by atomic mass is 16.5. The highest BCUT2D eigenvalue weighted by Crippen LogP contribution is 2.16. The minimum atomic E-state index is 0.645. The van der Waals surface area contributed by atoms with E-state index in [1.54, 1.807) is 7.11 Å². The molecule has 0 bridgehead atoms. The molecule has 0 aliphatic carbocycles. The topological polar surface area (TPSA) is 59.1 Å². The summed E-state index contributed by atoms with van der Waals surface area (Å²) in [6.07, 6.45) is 1.82. The molecule has 20 heavy (non-hydrogen) atoms. The van der Waals surface area contributed by atoms with Gasteiger partial charge in [0, 0.05) is 24.8 Å². The van der Waals surface area contributed by atoms with Gasteiger partial charge in [-0.25, -0.2) is 4.98 Å². The molecular weight excluding hydrogens is 252 g/mol. The van der Waals surface area contributed by atoms with Crippen LogP contribution in [0.5, 0.6) is 5.75 Å². The van der Waals surface area contributed by atoms with Crippen molar-refractivity contribution in [2.45, 2.75) is 20.4 Å². The van der Waals surface area contributed by atoms with Gasteiger partial charge in [0.2, 0.25) is 5.95 Å². The summed E-state index contributed by atoms with van der Waals surface area (Å²) < 4.78 is 5.22. The van der Waals surface area contributed by atoms with E-state index in [1.807, 2.05) is 38.2 Å². The zero-order chi connectivity index (χ0) is 14.4. The summed E-state index contributed by atoms with van der Waals surface area (Å²) >= 11 is 0. The molecule has 0 aliphatic rings. The molecular formula is C15H20N4O. The lowest BCUT2D eigenvalue weighted by Gasteiger charge is -2.11. The minimum absolute atomic E-state index is 0.645. The van der Waals surface area contributed by atoms with Crippen molar-refractivity contribution in [1.82, 2.24) is 9.97 Å². The Morgan fingerprint density at radius 1 is 1.25 bits per heavy atom. The molecule has 0 fully saturated rings. The van der Waals surface area contributed by atoms with E-state index in [2.05, 4.69) is 26.7 Å². The highest BCUT2D eigenvalue weighted by Gasteiger charge is 2.03. The van der Waals surface area contributed by atoms with Crippen LogP contribution in [0.4, 0.5) is 11.8 Å². The number of nitrogens with one attached hydrogen (secondary N) is 2. The van der Waals surface area contributed by atoms with E-state index in [1.165, 1.54) is 0 Å². The van der Waals surface area contributed by atoms with Gasteiger partial charge in [0.15, 0.2) is 0 Å². The SMILES string of the molecule is CCNc1ncc(C)c(NCc2cccc(OC)c2)n1. The average Bonchev–Trinajstić information content (AvgIpc) is 2.48. The maximum atomic E-state index is 5.22. The largest absolute Gasteiger partial charge is 0.497 e. The third-order valence-corrected chi connectivity index (χ3v) is 2.90. The van der Waals surface area contributed by atoms with Crippen LogP contribution in [0.15, 0.2) is 30.5 Å². The molecule has 1 aromatic carbocycles. The number of hydrogen-bond acceptors (Lipinski definition) is 5. The van der Waals surface area contributed by atoms with Crippen LogP contribution >= 0.6 is 0 Å². The van der Waals surface area contributed by atoms with Crippen LogP contribution in [0.2, 0.25) is 0 Å². The molecule has 2 aromatic rings. The van der Waals surface area contributed by atoms with Gasteiger partial charge < -0.3 is 15.4 Å². The molecule has 0 amide bonds. The van der Waals surface area contributed by atoms with Crippen molar-refractivity contribution in [2.75, 3.05) is 24.3 Å². The molecule has 1 aromatic heterocycles. The molecule has 2 rings (SSSR count). The van der Waals surface area contributed by atoms with Crippen LogP contribution in [0.3, 0.4) is 0 Å². The van der Waals surface area contributed by atoms with Gasteiger partial charge in [0.1, 0.15) is 11.6 Å². The number of aryl methyl sites for hydroxylation is 1. The molecule has 0 radical (unpaired) electrons. The maximum absolute atomic E-state index is 5.22. The van der Waals surface area contributed by atoms with E-state index in [4.69, 9.17) is 4.74 Å². The quantitative estimate of drug-likeness (QED) is 0.846. The van der Waals surface area contributed by atoms with Crippen molar-refractivity contribution in [1.29, 1.82) is 0 Å². The van der Waals surface area contributed by atoms with Gasteiger partial charge in [-0.05, 0) is 31.5 Å². The van der Waals surface area contributed by atoms with Gasteiger partial charge in [0.05, 0.1) is 7.11 Å². The number of rotatable bonds is 6. The molecule has 0 aliphatic heterocycles. The van der Waals surface area contributed by atoms with Crippen molar-refractivity contribution in [3.63, 3.8) is 0 Å². The predicted octanol–water partition coefficient (Wildman–Crippen LogP) is 2.84. The normalized spacial score (nSPS) is 10.2. The number of aromatic nitrogens is 2. The van der Waals surface area contributed by atoms with Gasteiger partial charge >= 0.3 is 0 Å². The summed E-state index contributed by atoms with van der Waals surface area (Å²) in [5, 5.41) is 6.44. The standard InChI is InChI=1S/C15H20N4O/c1-4-16-15-18-9-11(2)14(19-15)17-10-12-6-5-7-13(8-12)20-3/h5-9H,4,10H2,1-3H3,(H2,16,17,18,19). The second kappa shape index (κ2) is 6.75. The lowest BCUT2D eigenvalue weighted by atomic mass is 10.2. The van der Waals surface area contributed by atoms with E-state index in [-0.39, 0.29) is 0 Å². The molecule has 1 heterocycles. The van der Waals surface area contributed by atoms with Crippen molar-refractivity contribution >= 4 is 11.8 Å². The summed E-state index contributed by atoms with van der Waals surface area (Å²) in [5.41, 5.74) is 2.17. The highest BCUT2D eigenvalue weighted by molar-refractivity contribution is 5.47. The molecule has 0 atom stereocenters. The maximum Gasteiger partial charge on any atom is 0.224 e. The fraction of sp³-hybridized carbons (Fsp3) is 0.333. The fourth-order valence-electron chi connectivity index (χ4n) is 1.83. The van der Waals surface area contributed by atoms with Crippen molar-refractivity contribution in [3.05, 3.63) is 41.6 Å². The van der Waals surface area contributed by atoms with Crippen LogP contribution in [-0.4, -0.2) is 23.6 Å². The van der Waals surface area contributed by atoms with Gasteiger partial charge in [-0.15, -0.1) is 0 Å². The van der Waals surface area contributed by atoms with Crippen LogP contribution in [0, 0.1) is 6.92 Å². The Labute approximate surface area is 119 Å². The van der Waals surface area contributed by atoms with Crippen LogP contribution < -0.4 is 15.4 Å². The minimum Gasteiger partial charge on any atom is -0.497 e. The van der Waals surface area contributed by atoms with Gasteiger partial charge in [-0.2, -0.15) is 4.98 Å². The Balaban J connectivity index is 2.07. The van der Waals surface area contributed by atoms with Gasteiger partial charge in [0.25, 0.3) is 0 Å². The van der Waals surface area contributed by atoms with E-state index in [9.17, 15) is 0 Å². The van der Waals surface area contributed by atoms with Crippen molar-refractivity contribution < 1.29 is 4.74 Å². The zero-order valence-electron chi connectivity index (χ0n) is 12.1. The molecule has 0 saturated heterocycles. The molecule has 5 nitrogen and oxygen atoms in total. The first-order valence-electron chi connectivity index (χ1n) is 6.67. The summed E-state index contributed by atoms with van der Waals surface area (Å²) in [6, 6.07) is 7.97. The van der Waals surface area contributed by atoms with E-state index in [0.29, 0.717) is 12.5 Å². The van der Waals surface area contributed by atoms with E-state index >= 15 is 0 Å². The van der Waals surface area contributed by atoms with Crippen LogP contribution in [0.1, 0.15) is 18.1 Å². The fourth-order valence-corrected chi connectivity index (χ4v) is 1.83. The van der Waals surface area contributed by atoms with Gasteiger partial charge in [-0.3, -0.25) is 0 Å². The van der Waals surface area contributed by atoms with Crippen molar-refractivity contribution in [2.24, 2.45) is 0 Å². The first-order valence-corrected chi connectivity index (χ1v) is 6.67. The average molecular weight is 272 g/mol. The number of nitrogens with zero attached hydrogens (tertiary/aromatic N) is 2. The zero-order valence-corrected chi connectivity index (χ0v) is 12.1. The second-order valence-electron chi connectivity index (χ2n) is 4.46. The number of anilines is 2. The summed E-state index contributed by atoms with van der Waals surface area (Å²) in [4.78, 5) is 8.68. The predicted molar refractivity (Wildman–Crippen MR) is 81.3 cm³/mol. The number of methoxy groups -OCH3 is 1. The Hall–Kier alpha value is -2.30. The third kappa shape index (κ3) is 3.60. The summed E-state index contributed by atoms with van der Waals surface area (Å²) in [5.74, 6) is 2.35. The second-order valence-corrected chi connectivity index (χ2v) is 4.46. The molecule has 0 saturated carbocycles. The smallest absolute Gasteiger partial charge is 0.224 e. The molecule has 2 N–H and O–H groups in total. The molecule has 5 heteroatoms. The summed E-state index contributed by atoms with van der Waals surface area (Å²) in [7, 11) is 1.67. The number of benzene rings is 1. The molecule has 0 unspecified atom stereocenters. The summed E-state index contributed by atoms with van der Waals surface area (Å²) in [6.45, 7) is 5.51. The Morgan fingerprint density at radius 3 is 2.85 bits per heavy atom. The molecule has 0 spiro atoms. The van der Waals surface area contributed by atoms with E-state index < -0.39 is 0 Å². The Kier molecular flexibility index (Phi) is 4.76. The lowest BCUT2D eigenvalue weighted by molar-refractivity contribution is 0.414. The van der Waals surface area contributed by atoms with Gasteiger partial charge in [-0.1, -0.05) is 12.1 Å². The third-order valence-electron chi connectivity index (χ3n) is 2.90. The Morgan fingerprint density at radius 2 is 2.10 bits per heavy atom. The van der Waals surface area contributed by atoms with Crippen LogP contribution in [0.25, 0.3) is 0 Å². The monoisotopic (exact) mass is 272 g/mol. The van der Waals surface area contributed by atoms with Crippen molar-refractivity contribution in [3.8, 4) is 5.75 Å². The number of hydrogen-bond donors (Lipinski definition) is 2. The van der Waals surface area contributed by atoms with E-state index in [0.717, 1.165) is 29.2 Å². The number of ether oxygens (including phenoxy) is 1.